The van der Waals surface area contributed by atoms with Gasteiger partial charge in [0.25, 0.3) is 0 Å². The second-order valence-electron chi connectivity index (χ2n) is 4.22. The van der Waals surface area contributed by atoms with Crippen molar-refractivity contribution in [2.24, 2.45) is 0 Å². The van der Waals surface area contributed by atoms with Crippen LogP contribution in [-0.2, 0) is 6.54 Å². The lowest BCUT2D eigenvalue weighted by Gasteiger charge is -2.05. The Hall–Kier alpha value is -0.970. The maximum atomic E-state index is 5.21. The Morgan fingerprint density at radius 1 is 1.26 bits per heavy atom. The average molecular weight is 293 g/mol. The van der Waals surface area contributed by atoms with Crippen LogP contribution in [-0.4, -0.2) is 19.4 Å². The van der Waals surface area contributed by atoms with Crippen molar-refractivity contribution in [3.8, 4) is 5.75 Å². The molecule has 0 amide bonds. The minimum atomic E-state index is 0.923. The third kappa shape index (κ3) is 4.90. The summed E-state index contributed by atoms with van der Waals surface area (Å²) in [7, 11) is 1.70. The first-order valence-electron chi connectivity index (χ1n) is 6.31. The second-order valence-corrected chi connectivity index (χ2v) is 6.76. The predicted molar refractivity (Wildman–Crippen MR) is 84.5 cm³/mol. The maximum Gasteiger partial charge on any atom is 0.119 e. The monoisotopic (exact) mass is 293 g/mol. The SMILES string of the molecule is COc1cccc(SCCNCc2ccc(C)s2)c1. The van der Waals surface area contributed by atoms with Gasteiger partial charge < -0.3 is 10.1 Å². The van der Waals surface area contributed by atoms with Gasteiger partial charge in [0.1, 0.15) is 5.75 Å². The van der Waals surface area contributed by atoms with Crippen molar-refractivity contribution in [1.29, 1.82) is 0 Å². The standard InChI is InChI=1S/C15H19NOS2/c1-12-6-7-15(19-12)11-16-8-9-18-14-5-3-4-13(10-14)17-2/h3-7,10,16H,8-9,11H2,1-2H3. The number of hydrogen-bond acceptors (Lipinski definition) is 4. The third-order valence-corrected chi connectivity index (χ3v) is 4.68. The van der Waals surface area contributed by atoms with Gasteiger partial charge in [-0.2, -0.15) is 0 Å². The van der Waals surface area contributed by atoms with Crippen LogP contribution in [0.2, 0.25) is 0 Å². The van der Waals surface area contributed by atoms with Crippen LogP contribution in [0.1, 0.15) is 9.75 Å². The van der Waals surface area contributed by atoms with Gasteiger partial charge in [-0.05, 0) is 37.3 Å². The van der Waals surface area contributed by atoms with Crippen LogP contribution >= 0.6 is 23.1 Å². The van der Waals surface area contributed by atoms with E-state index in [-0.39, 0.29) is 0 Å². The Bertz CT molecular complexity index is 510. The van der Waals surface area contributed by atoms with Gasteiger partial charge in [0.15, 0.2) is 0 Å². The lowest BCUT2D eigenvalue weighted by molar-refractivity contribution is 0.413. The summed E-state index contributed by atoms with van der Waals surface area (Å²) in [5.74, 6) is 1.99. The minimum Gasteiger partial charge on any atom is -0.497 e. The van der Waals surface area contributed by atoms with Crippen LogP contribution in [0.4, 0.5) is 0 Å². The van der Waals surface area contributed by atoms with E-state index in [1.54, 1.807) is 7.11 Å². The summed E-state index contributed by atoms with van der Waals surface area (Å²) < 4.78 is 5.21. The van der Waals surface area contributed by atoms with Crippen LogP contribution in [0.5, 0.6) is 5.75 Å². The van der Waals surface area contributed by atoms with E-state index in [1.807, 2.05) is 35.2 Å². The quantitative estimate of drug-likeness (QED) is 0.617. The van der Waals surface area contributed by atoms with Crippen LogP contribution < -0.4 is 10.1 Å². The van der Waals surface area contributed by atoms with Gasteiger partial charge in [-0.25, -0.2) is 0 Å². The first-order chi connectivity index (χ1) is 9.28. The van der Waals surface area contributed by atoms with E-state index in [0.717, 1.165) is 24.6 Å². The number of ether oxygens (including phenoxy) is 1. The molecule has 0 aliphatic heterocycles. The van der Waals surface area contributed by atoms with E-state index in [1.165, 1.54) is 14.6 Å². The molecule has 102 valence electrons. The van der Waals surface area contributed by atoms with Crippen molar-refractivity contribution in [1.82, 2.24) is 5.32 Å². The highest BCUT2D eigenvalue weighted by molar-refractivity contribution is 7.99. The van der Waals surface area contributed by atoms with Crippen LogP contribution in [0.3, 0.4) is 0 Å². The molecule has 0 saturated carbocycles. The molecule has 2 nitrogen and oxygen atoms in total. The molecule has 0 atom stereocenters. The molecule has 2 aromatic rings. The minimum absolute atomic E-state index is 0.923. The van der Waals surface area contributed by atoms with Crippen molar-refractivity contribution in [3.63, 3.8) is 0 Å². The fraction of sp³-hybridized carbons (Fsp3) is 0.333. The Balaban J connectivity index is 1.66. The maximum absolute atomic E-state index is 5.21. The lowest BCUT2D eigenvalue weighted by Crippen LogP contribution is -2.15. The van der Waals surface area contributed by atoms with Gasteiger partial charge >= 0.3 is 0 Å². The summed E-state index contributed by atoms with van der Waals surface area (Å²) in [6.45, 7) is 4.13. The number of rotatable bonds is 7. The van der Waals surface area contributed by atoms with Gasteiger partial charge in [-0.1, -0.05) is 6.07 Å². The first kappa shape index (κ1) is 14.4. The molecule has 4 heteroatoms. The molecule has 0 fully saturated rings. The van der Waals surface area contributed by atoms with Gasteiger partial charge in [-0.3, -0.25) is 0 Å². The fourth-order valence-corrected chi connectivity index (χ4v) is 3.44. The zero-order chi connectivity index (χ0) is 13.5. The average Bonchev–Trinajstić information content (AvgIpc) is 2.84. The van der Waals surface area contributed by atoms with E-state index in [0.29, 0.717) is 0 Å². The number of aryl methyl sites for hydroxylation is 1. The van der Waals surface area contributed by atoms with E-state index in [9.17, 15) is 0 Å². The molecule has 0 spiro atoms. The molecule has 0 radical (unpaired) electrons. The number of thiophene rings is 1. The molecule has 0 bridgehead atoms. The molecule has 0 aliphatic rings. The number of thioether (sulfide) groups is 1. The van der Waals surface area contributed by atoms with E-state index in [2.05, 4.69) is 36.5 Å². The van der Waals surface area contributed by atoms with Crippen molar-refractivity contribution in [2.75, 3.05) is 19.4 Å². The van der Waals surface area contributed by atoms with Gasteiger partial charge in [0.05, 0.1) is 7.11 Å². The van der Waals surface area contributed by atoms with Gasteiger partial charge in [-0.15, -0.1) is 23.1 Å². The van der Waals surface area contributed by atoms with E-state index >= 15 is 0 Å². The summed E-state index contributed by atoms with van der Waals surface area (Å²) in [5, 5.41) is 3.47. The van der Waals surface area contributed by atoms with Crippen molar-refractivity contribution >= 4 is 23.1 Å². The summed E-state index contributed by atoms with van der Waals surface area (Å²) in [5.41, 5.74) is 0. The van der Waals surface area contributed by atoms with Crippen LogP contribution in [0.25, 0.3) is 0 Å². The van der Waals surface area contributed by atoms with E-state index < -0.39 is 0 Å². The molecular formula is C15H19NOS2. The van der Waals surface area contributed by atoms with Crippen molar-refractivity contribution < 1.29 is 4.74 Å². The Kier molecular flexibility index (Phi) is 5.76. The Morgan fingerprint density at radius 3 is 2.89 bits per heavy atom. The Morgan fingerprint density at radius 2 is 2.16 bits per heavy atom. The highest BCUT2D eigenvalue weighted by atomic mass is 32.2. The predicted octanol–water partition coefficient (Wildman–Crippen LogP) is 3.95. The smallest absolute Gasteiger partial charge is 0.119 e. The summed E-state index contributed by atoms with van der Waals surface area (Å²) >= 11 is 3.71. The molecule has 1 aromatic carbocycles. The molecule has 19 heavy (non-hydrogen) atoms. The Labute approximate surface area is 123 Å². The normalized spacial score (nSPS) is 10.6. The molecule has 0 aliphatic carbocycles. The topological polar surface area (TPSA) is 21.3 Å². The molecular weight excluding hydrogens is 274 g/mol. The third-order valence-electron chi connectivity index (χ3n) is 2.68. The van der Waals surface area contributed by atoms with Crippen LogP contribution in [0, 0.1) is 6.92 Å². The number of methoxy groups -OCH3 is 1. The highest BCUT2D eigenvalue weighted by Crippen LogP contribution is 2.22. The summed E-state index contributed by atoms with van der Waals surface area (Å²) in [6, 6.07) is 12.6. The molecule has 2 rings (SSSR count). The second kappa shape index (κ2) is 7.58. The molecule has 1 aromatic heterocycles. The van der Waals surface area contributed by atoms with Gasteiger partial charge in [0, 0.05) is 33.5 Å². The summed E-state index contributed by atoms with van der Waals surface area (Å²) in [6.07, 6.45) is 0. The first-order valence-corrected chi connectivity index (χ1v) is 8.11. The van der Waals surface area contributed by atoms with Crippen molar-refractivity contribution in [3.05, 3.63) is 46.2 Å². The molecule has 0 unspecified atom stereocenters. The largest absolute Gasteiger partial charge is 0.497 e. The lowest BCUT2D eigenvalue weighted by atomic mass is 10.3. The molecule has 1 N–H and O–H groups in total. The van der Waals surface area contributed by atoms with Crippen molar-refractivity contribution in [2.45, 2.75) is 18.4 Å². The number of hydrogen-bond donors (Lipinski definition) is 1. The fourth-order valence-electron chi connectivity index (χ4n) is 1.72. The number of benzene rings is 1. The highest BCUT2D eigenvalue weighted by Gasteiger charge is 1.98. The van der Waals surface area contributed by atoms with Gasteiger partial charge in [0.2, 0.25) is 0 Å². The summed E-state index contributed by atoms with van der Waals surface area (Å²) in [4.78, 5) is 4.04. The zero-order valence-corrected chi connectivity index (χ0v) is 12.9. The molecule has 0 saturated heterocycles. The van der Waals surface area contributed by atoms with E-state index in [4.69, 9.17) is 4.74 Å². The zero-order valence-electron chi connectivity index (χ0n) is 11.3. The number of nitrogens with one attached hydrogen (secondary N) is 1. The molecule has 1 heterocycles. The van der Waals surface area contributed by atoms with Crippen LogP contribution in [0.15, 0.2) is 41.3 Å².